The van der Waals surface area contributed by atoms with Gasteiger partial charge in [0.05, 0.1) is 0 Å². The Hall–Kier alpha value is -1.84. The minimum Gasteiger partial charge on any atom is -0.350 e. The van der Waals surface area contributed by atoms with Gasteiger partial charge in [0.25, 0.3) is 5.91 Å². The first kappa shape index (κ1) is 9.39. The molecule has 1 N–H and O–H groups in total. The molecule has 4 nitrogen and oxygen atoms in total. The van der Waals surface area contributed by atoms with E-state index < -0.39 is 0 Å². The summed E-state index contributed by atoms with van der Waals surface area (Å²) in [6.45, 7) is 0.643. The lowest BCUT2D eigenvalue weighted by Gasteiger charge is -2.26. The minimum atomic E-state index is -0.252. The van der Waals surface area contributed by atoms with E-state index in [0.717, 1.165) is 6.42 Å². The summed E-state index contributed by atoms with van der Waals surface area (Å²) in [5.41, 5.74) is 0.655. The molecule has 1 aromatic rings. The van der Waals surface area contributed by atoms with Crippen LogP contribution in [0.5, 0.6) is 0 Å². The van der Waals surface area contributed by atoms with E-state index in [1.165, 1.54) is 0 Å². The van der Waals surface area contributed by atoms with E-state index in [1.54, 1.807) is 17.0 Å². The Labute approximate surface area is 93.2 Å². The number of amides is 2. The van der Waals surface area contributed by atoms with Gasteiger partial charge in [-0.1, -0.05) is 18.2 Å². The number of piperazine rings is 1. The number of fused-ring (bicyclic) bond motifs is 2. The highest BCUT2D eigenvalue weighted by Gasteiger charge is 2.46. The van der Waals surface area contributed by atoms with Gasteiger partial charge in [-0.15, -0.1) is 0 Å². The minimum absolute atomic E-state index is 0.0134. The van der Waals surface area contributed by atoms with Crippen LogP contribution in [0.2, 0.25) is 0 Å². The highest BCUT2D eigenvalue weighted by Crippen LogP contribution is 2.25. The second-order valence-electron chi connectivity index (χ2n) is 4.28. The molecule has 3 rings (SSSR count). The lowest BCUT2D eigenvalue weighted by atomic mass is 10.2. The first-order valence-electron chi connectivity index (χ1n) is 5.42. The van der Waals surface area contributed by atoms with Gasteiger partial charge in [0.2, 0.25) is 5.91 Å². The molecule has 0 aromatic heterocycles. The van der Waals surface area contributed by atoms with E-state index in [1.807, 2.05) is 18.2 Å². The summed E-state index contributed by atoms with van der Waals surface area (Å²) in [6.07, 6.45) is 0.761. The van der Waals surface area contributed by atoms with E-state index in [4.69, 9.17) is 0 Å². The number of nitrogens with one attached hydrogen (secondary N) is 1. The summed E-state index contributed by atoms with van der Waals surface area (Å²) in [5.74, 6) is -0.0523. The third kappa shape index (κ3) is 1.30. The zero-order chi connectivity index (χ0) is 11.1. The van der Waals surface area contributed by atoms with Crippen LogP contribution < -0.4 is 5.32 Å². The highest BCUT2D eigenvalue weighted by molar-refractivity contribution is 5.99. The van der Waals surface area contributed by atoms with Crippen molar-refractivity contribution in [1.29, 1.82) is 0 Å². The predicted molar refractivity (Wildman–Crippen MR) is 57.8 cm³/mol. The largest absolute Gasteiger partial charge is 0.350 e. The maximum absolute atomic E-state index is 12.1. The number of hydrogen-bond acceptors (Lipinski definition) is 2. The average Bonchev–Trinajstić information content (AvgIpc) is 2.88. The molecule has 0 aliphatic carbocycles. The summed E-state index contributed by atoms with van der Waals surface area (Å²) in [6, 6.07) is 9.02. The Morgan fingerprint density at radius 2 is 2.06 bits per heavy atom. The topological polar surface area (TPSA) is 49.4 Å². The Morgan fingerprint density at radius 3 is 2.69 bits per heavy atom. The molecule has 82 valence electrons. The molecule has 2 heterocycles. The molecule has 2 saturated heterocycles. The molecule has 4 heteroatoms. The van der Waals surface area contributed by atoms with E-state index in [0.29, 0.717) is 12.1 Å². The first-order valence-corrected chi connectivity index (χ1v) is 5.42. The number of hydrogen-bond donors (Lipinski definition) is 1. The Bertz CT molecular complexity index is 444. The van der Waals surface area contributed by atoms with Crippen LogP contribution in [0, 0.1) is 0 Å². The second-order valence-corrected chi connectivity index (χ2v) is 4.28. The van der Waals surface area contributed by atoms with Gasteiger partial charge in [-0.05, 0) is 18.6 Å². The van der Waals surface area contributed by atoms with Gasteiger partial charge in [0.1, 0.15) is 6.04 Å². The molecule has 2 fully saturated rings. The molecule has 0 radical (unpaired) electrons. The molecular weight excluding hydrogens is 204 g/mol. The summed E-state index contributed by atoms with van der Waals surface area (Å²) < 4.78 is 0. The summed E-state index contributed by atoms with van der Waals surface area (Å²) >= 11 is 0. The number of rotatable bonds is 1. The van der Waals surface area contributed by atoms with Crippen molar-refractivity contribution >= 4 is 11.8 Å². The van der Waals surface area contributed by atoms with Crippen molar-refractivity contribution in [2.24, 2.45) is 0 Å². The van der Waals surface area contributed by atoms with Gasteiger partial charge >= 0.3 is 0 Å². The Morgan fingerprint density at radius 1 is 1.31 bits per heavy atom. The number of nitrogens with zero attached hydrogens (tertiary/aromatic N) is 1. The maximum atomic E-state index is 12.1. The molecule has 2 atom stereocenters. The number of likely N-dealkylation sites (tertiary alicyclic amines) is 1. The number of carbonyl (C=O) groups is 2. The molecule has 1 aromatic carbocycles. The molecule has 0 spiro atoms. The third-order valence-electron chi connectivity index (χ3n) is 3.23. The number of carbonyl (C=O) groups excluding carboxylic acids is 2. The van der Waals surface area contributed by atoms with Crippen LogP contribution in [-0.2, 0) is 4.79 Å². The molecule has 2 amide bonds. The molecule has 2 bridgehead atoms. The van der Waals surface area contributed by atoms with Crippen LogP contribution in [0.25, 0.3) is 0 Å². The van der Waals surface area contributed by atoms with Crippen molar-refractivity contribution in [3.63, 3.8) is 0 Å². The molecule has 0 unspecified atom stereocenters. The fourth-order valence-corrected chi connectivity index (χ4v) is 2.46. The van der Waals surface area contributed by atoms with E-state index >= 15 is 0 Å². The fraction of sp³-hybridized carbons (Fsp3) is 0.333. The van der Waals surface area contributed by atoms with Crippen molar-refractivity contribution in [2.75, 3.05) is 6.54 Å². The quantitative estimate of drug-likeness (QED) is 0.738. The summed E-state index contributed by atoms with van der Waals surface area (Å²) in [4.78, 5) is 25.3. The summed E-state index contributed by atoms with van der Waals surface area (Å²) in [7, 11) is 0. The van der Waals surface area contributed by atoms with Gasteiger partial charge in [0.15, 0.2) is 0 Å². The average molecular weight is 216 g/mol. The van der Waals surface area contributed by atoms with Crippen molar-refractivity contribution in [3.8, 4) is 0 Å². The van der Waals surface area contributed by atoms with Crippen LogP contribution in [0.4, 0.5) is 0 Å². The van der Waals surface area contributed by atoms with Crippen LogP contribution in [0.15, 0.2) is 30.3 Å². The summed E-state index contributed by atoms with van der Waals surface area (Å²) in [5, 5.41) is 2.86. The Balaban J connectivity index is 1.85. The van der Waals surface area contributed by atoms with Crippen molar-refractivity contribution in [3.05, 3.63) is 35.9 Å². The van der Waals surface area contributed by atoms with Crippen LogP contribution in [0.3, 0.4) is 0 Å². The zero-order valence-electron chi connectivity index (χ0n) is 8.72. The standard InChI is InChI=1S/C12H12N2O2/c15-11-10-6-9(13-11)7-14(10)12(16)8-4-2-1-3-5-8/h1-5,9-10H,6-7H2,(H,13,15)/t9-,10-/m1/s1. The van der Waals surface area contributed by atoms with Gasteiger partial charge < -0.3 is 10.2 Å². The van der Waals surface area contributed by atoms with Crippen LogP contribution in [-0.4, -0.2) is 35.3 Å². The fourth-order valence-electron chi connectivity index (χ4n) is 2.46. The van der Waals surface area contributed by atoms with E-state index in [9.17, 15) is 9.59 Å². The molecular formula is C12H12N2O2. The van der Waals surface area contributed by atoms with Gasteiger partial charge in [0, 0.05) is 18.2 Å². The van der Waals surface area contributed by atoms with Crippen molar-refractivity contribution < 1.29 is 9.59 Å². The number of benzene rings is 1. The van der Waals surface area contributed by atoms with Crippen LogP contribution >= 0.6 is 0 Å². The normalized spacial score (nSPS) is 27.0. The first-order chi connectivity index (χ1) is 7.75. The monoisotopic (exact) mass is 216 g/mol. The van der Waals surface area contributed by atoms with Crippen LogP contribution in [0.1, 0.15) is 16.8 Å². The zero-order valence-corrected chi connectivity index (χ0v) is 8.72. The lowest BCUT2D eigenvalue weighted by molar-refractivity contribution is -0.124. The molecule has 0 saturated carbocycles. The van der Waals surface area contributed by atoms with E-state index in [-0.39, 0.29) is 23.9 Å². The molecule has 2 aliphatic heterocycles. The molecule has 16 heavy (non-hydrogen) atoms. The maximum Gasteiger partial charge on any atom is 0.254 e. The predicted octanol–water partition coefficient (Wildman–Crippen LogP) is 0.399. The van der Waals surface area contributed by atoms with Gasteiger partial charge in [-0.3, -0.25) is 9.59 Å². The second kappa shape index (κ2) is 3.33. The molecule has 2 aliphatic rings. The van der Waals surface area contributed by atoms with E-state index in [2.05, 4.69) is 5.32 Å². The smallest absolute Gasteiger partial charge is 0.254 e. The SMILES string of the molecule is O=C1N[C@@H]2C[C@H]1N(C(=O)c1ccccc1)C2. The third-order valence-corrected chi connectivity index (χ3v) is 3.23. The lowest BCUT2D eigenvalue weighted by Crippen LogP contribution is -2.50. The highest BCUT2D eigenvalue weighted by atomic mass is 16.2. The van der Waals surface area contributed by atoms with Gasteiger partial charge in [-0.2, -0.15) is 0 Å². The van der Waals surface area contributed by atoms with Crippen molar-refractivity contribution in [2.45, 2.75) is 18.5 Å². The Kier molecular flexibility index (Phi) is 1.96. The van der Waals surface area contributed by atoms with Crippen molar-refractivity contribution in [1.82, 2.24) is 10.2 Å². The van der Waals surface area contributed by atoms with Gasteiger partial charge in [-0.25, -0.2) is 0 Å².